The summed E-state index contributed by atoms with van der Waals surface area (Å²) in [5.41, 5.74) is 2.90. The van der Waals surface area contributed by atoms with Crippen LogP contribution in [0.4, 0.5) is 5.69 Å². The maximum Gasteiger partial charge on any atom is 0.374 e. The number of oxazole rings is 1. The van der Waals surface area contributed by atoms with Gasteiger partial charge in [0.2, 0.25) is 11.5 Å². The van der Waals surface area contributed by atoms with Gasteiger partial charge >= 0.3 is 5.89 Å². The quantitative estimate of drug-likeness (QED) is 0.377. The Morgan fingerprint density at radius 1 is 0.971 bits per heavy atom. The molecule has 0 unspecified atom stereocenters. The molecule has 0 saturated heterocycles. The summed E-state index contributed by atoms with van der Waals surface area (Å²) >= 11 is 14.3. The fourth-order valence-corrected chi connectivity index (χ4v) is 5.93. The fraction of sp³-hybridized carbons (Fsp3) is 0.190. The van der Waals surface area contributed by atoms with Gasteiger partial charge in [-0.2, -0.15) is 4.57 Å². The summed E-state index contributed by atoms with van der Waals surface area (Å²) < 4.78 is 52.2. The van der Waals surface area contributed by atoms with Gasteiger partial charge in [-0.25, -0.2) is 18.6 Å². The van der Waals surface area contributed by atoms with E-state index in [4.69, 9.17) is 27.8 Å². The largest absolute Gasteiger partial charge is 0.437 e. The van der Waals surface area contributed by atoms with Crippen LogP contribution in [-0.4, -0.2) is 6.54 Å². The Morgan fingerprint density at radius 3 is 2.21 bits per heavy atom. The van der Waals surface area contributed by atoms with Crippen LogP contribution in [-0.2, 0) is 6.54 Å². The van der Waals surface area contributed by atoms with Gasteiger partial charge < -0.3 is 14.1 Å². The molecule has 182 valence electrons. The summed E-state index contributed by atoms with van der Waals surface area (Å²) in [6, 6.07) is 8.10. The molecule has 0 N–H and O–H groups in total. The van der Waals surface area contributed by atoms with E-state index in [9.17, 15) is 0 Å². The summed E-state index contributed by atoms with van der Waals surface area (Å²) in [4.78, 5) is 2.13. The van der Waals surface area contributed by atoms with E-state index in [0.29, 0.717) is 0 Å². The molecule has 0 fully saturated rings. The molecule has 2 aromatic carbocycles. The minimum Gasteiger partial charge on any atom is -0.437 e. The summed E-state index contributed by atoms with van der Waals surface area (Å²) in [5.74, 6) is 2.39. The summed E-state index contributed by atoms with van der Waals surface area (Å²) in [6.07, 6.45) is 5.88. The van der Waals surface area contributed by atoms with Gasteiger partial charge in [0.1, 0.15) is 6.54 Å². The van der Waals surface area contributed by atoms with Crippen LogP contribution < -0.4 is 32.8 Å². The van der Waals surface area contributed by atoms with E-state index >= 15 is 0 Å². The molecule has 0 radical (unpaired) electrons. The van der Waals surface area contributed by atoms with Crippen LogP contribution >= 0.6 is 63.7 Å². The van der Waals surface area contributed by atoms with E-state index in [1.54, 1.807) is 0 Å². The average Bonchev–Trinajstić information content (AvgIpc) is 3.24. The van der Waals surface area contributed by atoms with Gasteiger partial charge in [0.15, 0.2) is 5.75 Å². The molecular weight excluding hydrogens is 731 g/mol. The monoisotopic (exact) mass is 744 g/mol. The Kier molecular flexibility index (Phi) is 9.26. The standard InChI is InChI=1S/C21H17Br4N2O2.ClHO4/c1-3-26-16-10-12(22)8-14(24)20(16)28-18(26)6-5-7-19-27(4-2)17-11-13(23)9-15(25)21(17)29-19;2-1(3,4)5/h5-11H,3-4H2,1-2H3;(H,2,3,4,5)/q+1;/p-1. The average molecular weight is 748 g/mol. The zero-order valence-electron chi connectivity index (χ0n) is 17.7. The Bertz CT molecular complexity index is 1270. The molecule has 1 aliphatic heterocycles. The Labute approximate surface area is 231 Å². The zero-order chi connectivity index (χ0) is 25.2. The van der Waals surface area contributed by atoms with Gasteiger partial charge in [-0.1, -0.05) is 31.9 Å². The number of anilines is 1. The van der Waals surface area contributed by atoms with E-state index in [0.717, 1.165) is 65.3 Å². The molecule has 0 saturated carbocycles. The van der Waals surface area contributed by atoms with Crippen LogP contribution in [0.15, 0.2) is 64.6 Å². The van der Waals surface area contributed by atoms with Crippen LogP contribution in [0.2, 0.25) is 0 Å². The number of fused-ring (bicyclic) bond motifs is 2. The third kappa shape index (κ3) is 6.62. The number of aromatic nitrogens is 1. The van der Waals surface area contributed by atoms with Crippen LogP contribution in [0.5, 0.6) is 5.75 Å². The van der Waals surface area contributed by atoms with Crippen molar-refractivity contribution in [1.82, 2.24) is 0 Å². The first-order valence-electron chi connectivity index (χ1n) is 9.68. The van der Waals surface area contributed by atoms with E-state index in [2.05, 4.69) is 99.2 Å². The third-order valence-electron chi connectivity index (χ3n) is 4.61. The predicted molar refractivity (Wildman–Crippen MR) is 130 cm³/mol. The predicted octanol–water partition coefficient (Wildman–Crippen LogP) is 2.81. The molecule has 1 aliphatic rings. The van der Waals surface area contributed by atoms with E-state index in [1.165, 1.54) is 0 Å². The second-order valence-corrected chi connectivity index (χ2v) is 11.0. The van der Waals surface area contributed by atoms with Crippen molar-refractivity contribution in [2.24, 2.45) is 0 Å². The minimum absolute atomic E-state index is 0.778. The zero-order valence-corrected chi connectivity index (χ0v) is 24.8. The van der Waals surface area contributed by atoms with Crippen molar-refractivity contribution >= 4 is 86.6 Å². The molecular formula is C21H17Br4ClN2O6. The van der Waals surface area contributed by atoms with Gasteiger partial charge in [-0.3, -0.25) is 0 Å². The highest BCUT2D eigenvalue weighted by atomic mass is 79.9. The van der Waals surface area contributed by atoms with E-state index in [1.807, 2.05) is 30.4 Å². The maximum atomic E-state index is 8.49. The number of halogens is 5. The van der Waals surface area contributed by atoms with Crippen molar-refractivity contribution in [3.05, 3.63) is 66.1 Å². The highest BCUT2D eigenvalue weighted by Crippen LogP contribution is 2.45. The van der Waals surface area contributed by atoms with Gasteiger partial charge in [-0.05, 0) is 76.1 Å². The molecule has 8 nitrogen and oxygen atoms in total. The minimum atomic E-state index is -4.94. The Morgan fingerprint density at radius 2 is 1.59 bits per heavy atom. The molecule has 13 heteroatoms. The lowest BCUT2D eigenvalue weighted by Gasteiger charge is -2.17. The highest BCUT2D eigenvalue weighted by molar-refractivity contribution is 9.11. The fourth-order valence-electron chi connectivity index (χ4n) is 3.37. The molecule has 0 aliphatic carbocycles. The first-order valence-corrected chi connectivity index (χ1v) is 14.1. The van der Waals surface area contributed by atoms with Crippen molar-refractivity contribution in [3.8, 4) is 5.75 Å². The number of hydrogen-bond acceptors (Lipinski definition) is 7. The Hall–Kier alpha value is -0.960. The molecule has 0 atom stereocenters. The van der Waals surface area contributed by atoms with Gasteiger partial charge in [0, 0.05) is 21.6 Å². The van der Waals surface area contributed by atoms with Crippen molar-refractivity contribution in [3.63, 3.8) is 0 Å². The third-order valence-corrected chi connectivity index (χ3v) is 6.71. The normalized spacial score (nSPS) is 14.5. The summed E-state index contributed by atoms with van der Waals surface area (Å²) in [6.45, 7) is 5.81. The van der Waals surface area contributed by atoms with Gasteiger partial charge in [0.05, 0.1) is 20.7 Å². The van der Waals surface area contributed by atoms with Crippen molar-refractivity contribution < 1.29 is 42.6 Å². The molecule has 1 aromatic heterocycles. The number of aryl methyl sites for hydroxylation is 1. The molecule has 34 heavy (non-hydrogen) atoms. The van der Waals surface area contributed by atoms with Crippen molar-refractivity contribution in [2.45, 2.75) is 20.4 Å². The molecule has 0 spiro atoms. The van der Waals surface area contributed by atoms with Crippen molar-refractivity contribution in [2.75, 3.05) is 11.4 Å². The second kappa shape index (κ2) is 11.4. The lowest BCUT2D eigenvalue weighted by molar-refractivity contribution is -2.00. The highest BCUT2D eigenvalue weighted by Gasteiger charge is 2.27. The molecule has 0 bridgehead atoms. The number of rotatable bonds is 4. The lowest BCUT2D eigenvalue weighted by atomic mass is 10.3. The first-order chi connectivity index (χ1) is 15.9. The van der Waals surface area contributed by atoms with Crippen LogP contribution in [0.1, 0.15) is 19.7 Å². The number of allylic oxidation sites excluding steroid dienone is 2. The molecule has 2 heterocycles. The van der Waals surface area contributed by atoms with Gasteiger partial charge in [0.25, 0.3) is 5.52 Å². The number of hydrogen-bond donors (Lipinski definition) is 0. The summed E-state index contributed by atoms with van der Waals surface area (Å²) in [7, 11) is -4.94. The second-order valence-electron chi connectivity index (χ2n) is 6.74. The van der Waals surface area contributed by atoms with E-state index < -0.39 is 10.2 Å². The molecule has 4 rings (SSSR count). The first kappa shape index (κ1) is 27.6. The van der Waals surface area contributed by atoms with Crippen LogP contribution in [0, 0.1) is 10.2 Å². The Balaban J connectivity index is 0.000000588. The topological polar surface area (TPSA) is 122 Å². The molecule has 0 amide bonds. The van der Waals surface area contributed by atoms with Crippen molar-refractivity contribution in [1.29, 1.82) is 0 Å². The smallest absolute Gasteiger partial charge is 0.374 e. The number of nitrogens with zero attached hydrogens (tertiary/aromatic N) is 2. The number of ether oxygens (including phenoxy) is 1. The van der Waals surface area contributed by atoms with Crippen LogP contribution in [0.25, 0.3) is 17.2 Å². The number of benzene rings is 2. The SMILES string of the molecule is CCN1C(=CC=Cc2oc3c(Br)cc(Br)cc3[n+]2CC)Oc2c(Br)cc(Br)cc21.[O-][Cl+3]([O-])([O-])[O-]. The van der Waals surface area contributed by atoms with Crippen LogP contribution in [0.3, 0.4) is 0 Å². The molecule has 3 aromatic rings. The van der Waals surface area contributed by atoms with E-state index in [-0.39, 0.29) is 0 Å². The maximum absolute atomic E-state index is 8.49. The lowest BCUT2D eigenvalue weighted by Crippen LogP contribution is -2.68. The van der Waals surface area contributed by atoms with Gasteiger partial charge in [-0.15, -0.1) is 10.2 Å². The summed E-state index contributed by atoms with van der Waals surface area (Å²) in [5, 5.41) is 0.